The van der Waals surface area contributed by atoms with E-state index in [1.54, 1.807) is 6.20 Å². The van der Waals surface area contributed by atoms with Crippen LogP contribution in [0.15, 0.2) is 34.9 Å². The lowest BCUT2D eigenvalue weighted by atomic mass is 9.98. The summed E-state index contributed by atoms with van der Waals surface area (Å²) >= 11 is 2.06. The van der Waals surface area contributed by atoms with Gasteiger partial charge in [-0.15, -0.1) is 0 Å². The number of hydrogen-bond donors (Lipinski definition) is 0. The predicted molar refractivity (Wildman–Crippen MR) is 114 cm³/mol. The van der Waals surface area contributed by atoms with Crippen molar-refractivity contribution in [3.63, 3.8) is 0 Å². The SMILES string of the molecule is CC(C)(C)OC(=O)N1CCN(c2ccc(-c3cnc(I)o3)cc2)CC1(C)C. The number of ether oxygens (including phenoxy) is 1. The molecule has 1 fully saturated rings. The van der Waals surface area contributed by atoms with Crippen LogP contribution in [0.25, 0.3) is 11.3 Å². The molecular formula is C20H26IN3O3. The van der Waals surface area contributed by atoms with E-state index in [-0.39, 0.29) is 11.6 Å². The van der Waals surface area contributed by atoms with E-state index in [0.717, 1.165) is 30.1 Å². The van der Waals surface area contributed by atoms with Crippen molar-refractivity contribution in [2.24, 2.45) is 0 Å². The van der Waals surface area contributed by atoms with E-state index in [0.29, 0.717) is 10.4 Å². The van der Waals surface area contributed by atoms with Gasteiger partial charge in [0.15, 0.2) is 5.76 Å². The summed E-state index contributed by atoms with van der Waals surface area (Å²) in [6.45, 7) is 12.0. The highest BCUT2D eigenvalue weighted by molar-refractivity contribution is 14.1. The van der Waals surface area contributed by atoms with Crippen molar-refractivity contribution >= 4 is 34.4 Å². The van der Waals surface area contributed by atoms with E-state index < -0.39 is 5.60 Å². The first-order valence-corrected chi connectivity index (χ1v) is 10.1. The van der Waals surface area contributed by atoms with Gasteiger partial charge in [0.2, 0.25) is 0 Å². The monoisotopic (exact) mass is 483 g/mol. The topological polar surface area (TPSA) is 58.8 Å². The molecule has 1 aliphatic rings. The molecule has 2 aromatic rings. The molecule has 6 nitrogen and oxygen atoms in total. The Kier molecular flexibility index (Phi) is 5.42. The van der Waals surface area contributed by atoms with Gasteiger partial charge >= 0.3 is 6.09 Å². The first-order valence-electron chi connectivity index (χ1n) is 9.02. The zero-order valence-electron chi connectivity index (χ0n) is 16.5. The fourth-order valence-corrected chi connectivity index (χ4v) is 3.63. The average molecular weight is 483 g/mol. The molecule has 0 aliphatic carbocycles. The number of oxazole rings is 1. The van der Waals surface area contributed by atoms with Crippen LogP contribution in [-0.2, 0) is 4.74 Å². The number of rotatable bonds is 2. The molecule has 3 rings (SSSR count). The van der Waals surface area contributed by atoms with E-state index in [9.17, 15) is 4.79 Å². The molecule has 2 heterocycles. The van der Waals surface area contributed by atoms with Crippen molar-refractivity contribution in [1.82, 2.24) is 9.88 Å². The summed E-state index contributed by atoms with van der Waals surface area (Å²) in [5.74, 6) is 0.765. The maximum Gasteiger partial charge on any atom is 0.410 e. The lowest BCUT2D eigenvalue weighted by Crippen LogP contribution is -2.61. The minimum absolute atomic E-state index is 0.248. The summed E-state index contributed by atoms with van der Waals surface area (Å²) in [7, 11) is 0. The van der Waals surface area contributed by atoms with E-state index >= 15 is 0 Å². The highest BCUT2D eigenvalue weighted by Crippen LogP contribution is 2.29. The van der Waals surface area contributed by atoms with Gasteiger partial charge in [0.05, 0.1) is 11.7 Å². The number of nitrogens with zero attached hydrogens (tertiary/aromatic N) is 3. The largest absolute Gasteiger partial charge is 0.444 e. The van der Waals surface area contributed by atoms with Gasteiger partial charge in [-0.1, -0.05) is 0 Å². The highest BCUT2D eigenvalue weighted by Gasteiger charge is 2.39. The quantitative estimate of drug-likeness (QED) is 0.576. The van der Waals surface area contributed by atoms with Gasteiger partial charge in [0.25, 0.3) is 3.90 Å². The number of halogens is 1. The average Bonchev–Trinajstić information content (AvgIpc) is 2.99. The van der Waals surface area contributed by atoms with Gasteiger partial charge in [-0.05, 0) is 58.9 Å². The minimum Gasteiger partial charge on any atom is -0.444 e. The van der Waals surface area contributed by atoms with Gasteiger partial charge < -0.3 is 14.1 Å². The molecule has 0 unspecified atom stereocenters. The number of anilines is 1. The van der Waals surface area contributed by atoms with Crippen molar-refractivity contribution in [2.45, 2.75) is 45.8 Å². The normalized spacial score (nSPS) is 17.1. The standard InChI is InChI=1S/C20H26IN3O3/c1-19(2,3)27-18(25)24-11-10-23(13-20(24,4)5)15-8-6-14(7-9-15)16-12-22-17(21)26-16/h6-9,12H,10-11,13H2,1-5H3. The number of benzene rings is 1. The van der Waals surface area contributed by atoms with Crippen LogP contribution >= 0.6 is 22.6 Å². The molecule has 27 heavy (non-hydrogen) atoms. The van der Waals surface area contributed by atoms with Crippen LogP contribution in [0.3, 0.4) is 0 Å². The van der Waals surface area contributed by atoms with Crippen LogP contribution in [0, 0.1) is 3.90 Å². The lowest BCUT2D eigenvalue weighted by Gasteiger charge is -2.47. The molecule has 1 aromatic heterocycles. The fraction of sp³-hybridized carbons (Fsp3) is 0.500. The van der Waals surface area contributed by atoms with Crippen molar-refractivity contribution in [1.29, 1.82) is 0 Å². The first kappa shape index (κ1) is 20.0. The molecule has 0 spiro atoms. The Hall–Kier alpha value is -1.77. The van der Waals surface area contributed by atoms with Gasteiger partial charge in [0, 0.05) is 53.5 Å². The molecular weight excluding hydrogens is 457 g/mol. The summed E-state index contributed by atoms with van der Waals surface area (Å²) in [6, 6.07) is 8.26. The van der Waals surface area contributed by atoms with Crippen LogP contribution < -0.4 is 4.90 Å². The summed E-state index contributed by atoms with van der Waals surface area (Å²) in [5.41, 5.74) is 1.32. The van der Waals surface area contributed by atoms with E-state index in [2.05, 4.69) is 58.5 Å². The molecule has 1 aliphatic heterocycles. The Morgan fingerprint density at radius 1 is 1.22 bits per heavy atom. The zero-order valence-corrected chi connectivity index (χ0v) is 18.6. The Morgan fingerprint density at radius 2 is 1.89 bits per heavy atom. The fourth-order valence-electron chi connectivity index (χ4n) is 3.25. The number of amides is 1. The molecule has 7 heteroatoms. The molecule has 1 amide bonds. The Bertz CT molecular complexity index is 809. The smallest absolute Gasteiger partial charge is 0.410 e. The second kappa shape index (κ2) is 7.33. The summed E-state index contributed by atoms with van der Waals surface area (Å²) in [4.78, 5) is 20.8. The predicted octanol–water partition coefficient (Wildman–Crippen LogP) is 4.78. The van der Waals surface area contributed by atoms with Crippen LogP contribution in [0.4, 0.5) is 10.5 Å². The molecule has 146 valence electrons. The van der Waals surface area contributed by atoms with Crippen molar-refractivity contribution in [3.05, 3.63) is 34.4 Å². The van der Waals surface area contributed by atoms with Crippen molar-refractivity contribution < 1.29 is 13.9 Å². The van der Waals surface area contributed by atoms with Gasteiger partial charge in [-0.3, -0.25) is 4.90 Å². The molecule has 0 atom stereocenters. The Balaban J connectivity index is 1.70. The van der Waals surface area contributed by atoms with E-state index in [1.165, 1.54) is 0 Å². The first-order chi connectivity index (χ1) is 12.5. The molecule has 1 saturated heterocycles. The summed E-state index contributed by atoms with van der Waals surface area (Å²) in [5, 5.41) is 0. The molecule has 1 aromatic carbocycles. The highest BCUT2D eigenvalue weighted by atomic mass is 127. The molecule has 0 radical (unpaired) electrons. The second-order valence-corrected chi connectivity index (χ2v) is 9.31. The lowest BCUT2D eigenvalue weighted by molar-refractivity contribution is 0.000379. The van der Waals surface area contributed by atoms with Gasteiger partial charge in [-0.2, -0.15) is 0 Å². The van der Waals surface area contributed by atoms with Crippen LogP contribution in [-0.4, -0.2) is 46.8 Å². The molecule has 0 bridgehead atoms. The Morgan fingerprint density at radius 3 is 2.41 bits per heavy atom. The second-order valence-electron chi connectivity index (χ2n) is 8.39. The van der Waals surface area contributed by atoms with E-state index in [1.807, 2.05) is 37.8 Å². The summed E-state index contributed by atoms with van der Waals surface area (Å²) < 4.78 is 11.8. The number of aromatic nitrogens is 1. The van der Waals surface area contributed by atoms with Crippen LogP contribution in [0.1, 0.15) is 34.6 Å². The van der Waals surface area contributed by atoms with Crippen LogP contribution in [0.2, 0.25) is 0 Å². The van der Waals surface area contributed by atoms with Gasteiger partial charge in [0.1, 0.15) is 5.60 Å². The zero-order chi connectivity index (χ0) is 19.8. The van der Waals surface area contributed by atoms with Gasteiger partial charge in [-0.25, -0.2) is 9.78 Å². The van der Waals surface area contributed by atoms with Crippen molar-refractivity contribution in [2.75, 3.05) is 24.5 Å². The van der Waals surface area contributed by atoms with E-state index in [4.69, 9.17) is 9.15 Å². The number of carbonyl (C=O) groups excluding carboxylic acids is 1. The maximum absolute atomic E-state index is 12.5. The Labute approximate surface area is 174 Å². The molecule has 0 N–H and O–H groups in total. The van der Waals surface area contributed by atoms with Crippen LogP contribution in [0.5, 0.6) is 0 Å². The number of carbonyl (C=O) groups is 1. The number of piperazine rings is 1. The third kappa shape index (κ3) is 4.75. The van der Waals surface area contributed by atoms with Crippen molar-refractivity contribution in [3.8, 4) is 11.3 Å². The summed E-state index contributed by atoms with van der Waals surface area (Å²) in [6.07, 6.45) is 1.49. The maximum atomic E-state index is 12.5. The third-order valence-corrected chi connectivity index (χ3v) is 5.01. The number of hydrogen-bond acceptors (Lipinski definition) is 5. The minimum atomic E-state index is -0.487. The molecule has 0 saturated carbocycles. The third-order valence-electron chi connectivity index (χ3n) is 4.51.